The van der Waals surface area contributed by atoms with Crippen molar-refractivity contribution in [2.45, 2.75) is 19.9 Å². The van der Waals surface area contributed by atoms with Crippen molar-refractivity contribution < 1.29 is 9.84 Å². The van der Waals surface area contributed by atoms with Gasteiger partial charge in [-0.25, -0.2) is 4.98 Å². The van der Waals surface area contributed by atoms with Crippen LogP contribution in [-0.4, -0.2) is 54.0 Å². The fourth-order valence-electron chi connectivity index (χ4n) is 2.90. The van der Waals surface area contributed by atoms with Crippen LogP contribution < -0.4 is 10.9 Å². The minimum absolute atomic E-state index is 0.0631. The van der Waals surface area contributed by atoms with Crippen molar-refractivity contribution >= 4 is 17.1 Å². The molecule has 0 amide bonds. The van der Waals surface area contributed by atoms with Gasteiger partial charge < -0.3 is 15.2 Å². The highest BCUT2D eigenvalue weighted by Crippen LogP contribution is 2.16. The molecule has 0 saturated heterocycles. The molecule has 1 aliphatic rings. The van der Waals surface area contributed by atoms with Gasteiger partial charge in [-0.15, -0.1) is 0 Å². The summed E-state index contributed by atoms with van der Waals surface area (Å²) in [5.74, 6) is 0.508. The standard InChI is InChI=1S/C16H19N7O3/c24-4-5-26-11-22-9-18-13-14(22)20-16-19-8-21(10-23(16)15(13)25)7-12-2-1-3-17-6-12/h1-3,6,9,24H,4-5,7-8,10-11H2,(H,19,20). The molecule has 0 unspecified atom stereocenters. The van der Waals surface area contributed by atoms with Gasteiger partial charge in [0.15, 0.2) is 11.2 Å². The topological polar surface area (TPSA) is 110 Å². The number of anilines is 1. The summed E-state index contributed by atoms with van der Waals surface area (Å²) in [6.45, 7) is 2.00. The first kappa shape index (κ1) is 16.6. The molecule has 0 spiro atoms. The second-order valence-corrected chi connectivity index (χ2v) is 5.98. The molecule has 4 rings (SSSR count). The first-order chi connectivity index (χ1) is 12.8. The van der Waals surface area contributed by atoms with E-state index in [1.165, 1.54) is 6.33 Å². The lowest BCUT2D eigenvalue weighted by Gasteiger charge is -2.30. The zero-order chi connectivity index (χ0) is 17.9. The average Bonchev–Trinajstić information content (AvgIpc) is 3.07. The Bertz CT molecular complexity index is 954. The van der Waals surface area contributed by atoms with Crippen molar-refractivity contribution in [3.05, 3.63) is 46.8 Å². The van der Waals surface area contributed by atoms with Crippen LogP contribution in [0.2, 0.25) is 0 Å². The molecule has 10 nitrogen and oxygen atoms in total. The zero-order valence-electron chi connectivity index (χ0n) is 14.1. The molecule has 0 radical (unpaired) electrons. The summed E-state index contributed by atoms with van der Waals surface area (Å²) >= 11 is 0. The predicted octanol–water partition coefficient (Wildman–Crippen LogP) is -0.203. The lowest BCUT2D eigenvalue weighted by molar-refractivity contribution is 0.0499. The zero-order valence-corrected chi connectivity index (χ0v) is 14.1. The van der Waals surface area contributed by atoms with E-state index in [2.05, 4.69) is 25.2 Å². The van der Waals surface area contributed by atoms with Crippen molar-refractivity contribution in [3.63, 3.8) is 0 Å². The number of nitrogens with one attached hydrogen (secondary N) is 1. The number of fused-ring (bicyclic) bond motifs is 2. The Labute approximate surface area is 148 Å². The Morgan fingerprint density at radius 1 is 1.38 bits per heavy atom. The highest BCUT2D eigenvalue weighted by atomic mass is 16.5. The summed E-state index contributed by atoms with van der Waals surface area (Å²) in [4.78, 5) is 27.7. The average molecular weight is 357 g/mol. The van der Waals surface area contributed by atoms with Gasteiger partial charge in [0.1, 0.15) is 6.73 Å². The van der Waals surface area contributed by atoms with Crippen LogP contribution in [0.15, 0.2) is 35.6 Å². The number of imidazole rings is 1. The predicted molar refractivity (Wildman–Crippen MR) is 93.1 cm³/mol. The van der Waals surface area contributed by atoms with E-state index < -0.39 is 0 Å². The third-order valence-electron chi connectivity index (χ3n) is 4.12. The summed E-state index contributed by atoms with van der Waals surface area (Å²) in [6.07, 6.45) is 5.07. The summed E-state index contributed by atoms with van der Waals surface area (Å²) in [5, 5.41) is 12.0. The van der Waals surface area contributed by atoms with Crippen molar-refractivity contribution in [1.82, 2.24) is 29.0 Å². The van der Waals surface area contributed by atoms with Crippen LogP contribution in [0.1, 0.15) is 5.56 Å². The van der Waals surface area contributed by atoms with E-state index in [1.807, 2.05) is 18.3 Å². The number of pyridine rings is 1. The molecule has 3 aromatic rings. The van der Waals surface area contributed by atoms with Crippen LogP contribution in [0, 0.1) is 0 Å². The fourth-order valence-corrected chi connectivity index (χ4v) is 2.90. The Hall–Kier alpha value is -2.82. The van der Waals surface area contributed by atoms with E-state index in [9.17, 15) is 4.79 Å². The van der Waals surface area contributed by atoms with E-state index >= 15 is 0 Å². The quantitative estimate of drug-likeness (QED) is 0.584. The molecule has 3 aromatic heterocycles. The Morgan fingerprint density at radius 2 is 2.31 bits per heavy atom. The molecular weight excluding hydrogens is 338 g/mol. The van der Waals surface area contributed by atoms with Gasteiger partial charge in [0.25, 0.3) is 5.56 Å². The number of ether oxygens (including phenoxy) is 1. The van der Waals surface area contributed by atoms with Gasteiger partial charge in [0, 0.05) is 18.9 Å². The molecule has 0 aromatic carbocycles. The molecule has 1 aliphatic heterocycles. The molecule has 0 aliphatic carbocycles. The SMILES string of the molecule is O=c1c2ncn(COCCO)c2nc2n1CN(Cc1cccnc1)CN2. The van der Waals surface area contributed by atoms with E-state index in [4.69, 9.17) is 9.84 Å². The summed E-state index contributed by atoms with van der Waals surface area (Å²) in [6, 6.07) is 3.89. The maximum atomic E-state index is 12.8. The van der Waals surface area contributed by atoms with Crippen molar-refractivity contribution in [3.8, 4) is 0 Å². The molecule has 26 heavy (non-hydrogen) atoms. The molecule has 10 heteroatoms. The normalized spacial score (nSPS) is 14.3. The van der Waals surface area contributed by atoms with Gasteiger partial charge in [0.05, 0.1) is 32.9 Å². The van der Waals surface area contributed by atoms with Crippen molar-refractivity contribution in [2.24, 2.45) is 0 Å². The summed E-state index contributed by atoms with van der Waals surface area (Å²) in [5.41, 5.74) is 1.64. The van der Waals surface area contributed by atoms with Gasteiger partial charge in [-0.2, -0.15) is 4.98 Å². The summed E-state index contributed by atoms with van der Waals surface area (Å²) in [7, 11) is 0. The molecule has 136 valence electrons. The van der Waals surface area contributed by atoms with Gasteiger partial charge in [0.2, 0.25) is 5.95 Å². The Kier molecular flexibility index (Phi) is 4.61. The number of hydrogen-bond donors (Lipinski definition) is 2. The monoisotopic (exact) mass is 357 g/mol. The molecule has 0 bridgehead atoms. The minimum Gasteiger partial charge on any atom is -0.394 e. The first-order valence-corrected chi connectivity index (χ1v) is 8.25. The van der Waals surface area contributed by atoms with Crippen molar-refractivity contribution in [1.29, 1.82) is 0 Å². The van der Waals surface area contributed by atoms with Crippen LogP contribution in [0.25, 0.3) is 11.2 Å². The molecule has 0 saturated carbocycles. The second-order valence-electron chi connectivity index (χ2n) is 5.98. The van der Waals surface area contributed by atoms with Gasteiger partial charge in [-0.05, 0) is 11.6 Å². The molecule has 0 atom stereocenters. The number of aliphatic hydroxyl groups excluding tert-OH is 1. The lowest BCUT2D eigenvalue weighted by Crippen LogP contribution is -2.42. The smallest absolute Gasteiger partial charge is 0.284 e. The maximum Gasteiger partial charge on any atom is 0.284 e. The number of aromatic nitrogens is 5. The van der Waals surface area contributed by atoms with Crippen LogP contribution >= 0.6 is 0 Å². The maximum absolute atomic E-state index is 12.8. The van der Waals surface area contributed by atoms with Gasteiger partial charge >= 0.3 is 0 Å². The first-order valence-electron chi connectivity index (χ1n) is 8.25. The van der Waals surface area contributed by atoms with Gasteiger partial charge in [-0.1, -0.05) is 6.07 Å². The van der Waals surface area contributed by atoms with Gasteiger partial charge in [-0.3, -0.25) is 23.8 Å². The number of aliphatic hydroxyl groups is 1. The van der Waals surface area contributed by atoms with E-state index in [0.717, 1.165) is 5.56 Å². The molecule has 2 N–H and O–H groups in total. The molecule has 4 heterocycles. The summed E-state index contributed by atoms with van der Waals surface area (Å²) < 4.78 is 8.52. The van der Waals surface area contributed by atoms with E-state index in [-0.39, 0.29) is 25.5 Å². The fraction of sp³-hybridized carbons (Fsp3) is 0.375. The lowest BCUT2D eigenvalue weighted by atomic mass is 10.3. The third kappa shape index (κ3) is 3.17. The van der Waals surface area contributed by atoms with Crippen LogP contribution in [-0.2, 0) is 24.7 Å². The number of hydrogen-bond acceptors (Lipinski definition) is 8. The molecular formula is C16H19N7O3. The van der Waals surface area contributed by atoms with Crippen LogP contribution in [0.3, 0.4) is 0 Å². The number of nitrogens with zero attached hydrogens (tertiary/aromatic N) is 6. The second kappa shape index (κ2) is 7.20. The molecule has 0 fully saturated rings. The third-order valence-corrected chi connectivity index (χ3v) is 4.12. The highest BCUT2D eigenvalue weighted by molar-refractivity contribution is 5.71. The van der Waals surface area contributed by atoms with Crippen molar-refractivity contribution in [2.75, 3.05) is 25.2 Å². The number of rotatable bonds is 6. The van der Waals surface area contributed by atoms with E-state index in [1.54, 1.807) is 15.3 Å². The Morgan fingerprint density at radius 3 is 3.12 bits per heavy atom. The van der Waals surface area contributed by atoms with E-state index in [0.29, 0.717) is 37.0 Å². The minimum atomic E-state index is -0.200. The highest BCUT2D eigenvalue weighted by Gasteiger charge is 2.21. The largest absolute Gasteiger partial charge is 0.394 e. The van der Waals surface area contributed by atoms with Crippen LogP contribution in [0.4, 0.5) is 5.95 Å². The Balaban J connectivity index is 1.59. The van der Waals surface area contributed by atoms with Crippen LogP contribution in [0.5, 0.6) is 0 Å².